The smallest absolute Gasteiger partial charge is 0.322 e. The van der Waals surface area contributed by atoms with E-state index in [0.29, 0.717) is 0 Å². The summed E-state index contributed by atoms with van der Waals surface area (Å²) in [7, 11) is 0. The molecule has 2 N–H and O–H groups in total. The molecule has 1 heterocycles. The van der Waals surface area contributed by atoms with E-state index in [2.05, 4.69) is 22.5 Å². The largest absolute Gasteiger partial charge is 0.461 e. The summed E-state index contributed by atoms with van der Waals surface area (Å²) >= 11 is 3.04. The van der Waals surface area contributed by atoms with E-state index in [-0.39, 0.29) is 6.61 Å². The lowest BCUT2D eigenvalue weighted by atomic mass is 10.1. The first-order valence-corrected chi connectivity index (χ1v) is 5.59. The Morgan fingerprint density at radius 2 is 2.25 bits per heavy atom. The van der Waals surface area contributed by atoms with Crippen LogP contribution in [0.15, 0.2) is 12.7 Å². The average Bonchev–Trinajstić information content (AvgIpc) is 2.52. The SMILES string of the molecule is [CH][C@@H]1O[C@@H](C(Br)C(=O)OCC=C)[C@H](O)C1O. The lowest BCUT2D eigenvalue weighted by Gasteiger charge is -2.19. The van der Waals surface area contributed by atoms with Crippen molar-refractivity contribution in [3.63, 3.8) is 0 Å². The van der Waals surface area contributed by atoms with Gasteiger partial charge in [-0.15, -0.1) is 0 Å². The zero-order valence-electron chi connectivity index (χ0n) is 8.45. The topological polar surface area (TPSA) is 76.0 Å². The van der Waals surface area contributed by atoms with Crippen LogP contribution in [0.25, 0.3) is 0 Å². The van der Waals surface area contributed by atoms with Gasteiger partial charge in [-0.2, -0.15) is 0 Å². The highest BCUT2D eigenvalue weighted by molar-refractivity contribution is 9.10. The van der Waals surface area contributed by atoms with E-state index in [4.69, 9.17) is 16.4 Å². The van der Waals surface area contributed by atoms with Gasteiger partial charge in [-0.1, -0.05) is 28.6 Å². The van der Waals surface area contributed by atoms with Gasteiger partial charge in [0.05, 0.1) is 6.10 Å². The number of carbonyl (C=O) groups excluding carboxylic acids is 1. The highest BCUT2D eigenvalue weighted by Crippen LogP contribution is 2.27. The molecule has 0 aromatic rings. The van der Waals surface area contributed by atoms with Crippen molar-refractivity contribution in [1.29, 1.82) is 0 Å². The predicted octanol–water partition coefficient (Wildman–Crippen LogP) is -0.321. The third-order valence-corrected chi connectivity index (χ3v) is 3.09. The quantitative estimate of drug-likeness (QED) is 0.422. The lowest BCUT2D eigenvalue weighted by Crippen LogP contribution is -2.40. The number of halogens is 1. The Morgan fingerprint density at radius 3 is 2.69 bits per heavy atom. The zero-order chi connectivity index (χ0) is 12.3. The molecular formula is C10H13BrO5. The summed E-state index contributed by atoms with van der Waals surface area (Å²) in [4.78, 5) is 10.5. The van der Waals surface area contributed by atoms with E-state index in [1.165, 1.54) is 6.08 Å². The van der Waals surface area contributed by atoms with Gasteiger partial charge in [0.25, 0.3) is 0 Å². The number of aliphatic hydroxyl groups excluding tert-OH is 2. The van der Waals surface area contributed by atoms with E-state index < -0.39 is 35.2 Å². The van der Waals surface area contributed by atoms with Gasteiger partial charge in [0.1, 0.15) is 29.7 Å². The Kier molecular flexibility index (Phi) is 4.91. The number of hydrogen-bond acceptors (Lipinski definition) is 5. The maximum Gasteiger partial charge on any atom is 0.322 e. The van der Waals surface area contributed by atoms with E-state index in [1.54, 1.807) is 0 Å². The molecule has 1 saturated heterocycles. The minimum absolute atomic E-state index is 0.0678. The average molecular weight is 293 g/mol. The number of carbonyl (C=O) groups is 1. The summed E-state index contributed by atoms with van der Waals surface area (Å²) < 4.78 is 9.82. The molecular weight excluding hydrogens is 280 g/mol. The van der Waals surface area contributed by atoms with Gasteiger partial charge >= 0.3 is 5.97 Å². The van der Waals surface area contributed by atoms with E-state index in [9.17, 15) is 15.0 Å². The zero-order valence-corrected chi connectivity index (χ0v) is 10.0. The van der Waals surface area contributed by atoms with E-state index in [0.717, 1.165) is 0 Å². The van der Waals surface area contributed by atoms with Crippen LogP contribution in [0.3, 0.4) is 0 Å². The molecule has 0 aromatic heterocycles. The van der Waals surface area contributed by atoms with Gasteiger partial charge in [-0.3, -0.25) is 4.79 Å². The molecule has 0 aromatic carbocycles. The molecule has 5 nitrogen and oxygen atoms in total. The first-order chi connectivity index (χ1) is 7.49. The maximum absolute atomic E-state index is 11.4. The number of aliphatic hydroxyl groups is 2. The molecule has 90 valence electrons. The van der Waals surface area contributed by atoms with E-state index >= 15 is 0 Å². The Bertz CT molecular complexity index is 270. The van der Waals surface area contributed by atoms with Crippen LogP contribution in [0.4, 0.5) is 0 Å². The van der Waals surface area contributed by atoms with Crippen molar-refractivity contribution < 1.29 is 24.5 Å². The molecule has 16 heavy (non-hydrogen) atoms. The van der Waals surface area contributed by atoms with Crippen molar-refractivity contribution in [2.75, 3.05) is 6.61 Å². The minimum atomic E-state index is -1.23. The van der Waals surface area contributed by atoms with Crippen molar-refractivity contribution in [2.45, 2.75) is 29.2 Å². The monoisotopic (exact) mass is 292 g/mol. The van der Waals surface area contributed by atoms with Gasteiger partial charge in [0.15, 0.2) is 0 Å². The number of hydrogen-bond donors (Lipinski definition) is 2. The minimum Gasteiger partial charge on any atom is -0.461 e. The van der Waals surface area contributed by atoms with Crippen LogP contribution in [0.1, 0.15) is 0 Å². The number of alkyl halides is 1. The first kappa shape index (κ1) is 13.6. The van der Waals surface area contributed by atoms with Gasteiger partial charge in [-0.25, -0.2) is 0 Å². The third kappa shape index (κ3) is 2.82. The van der Waals surface area contributed by atoms with Crippen LogP contribution in [0, 0.1) is 6.92 Å². The van der Waals surface area contributed by atoms with Crippen LogP contribution in [0.2, 0.25) is 0 Å². The van der Waals surface area contributed by atoms with Crippen LogP contribution in [-0.4, -0.2) is 52.0 Å². The highest BCUT2D eigenvalue weighted by atomic mass is 79.9. The molecule has 2 radical (unpaired) electrons. The van der Waals surface area contributed by atoms with Crippen molar-refractivity contribution in [1.82, 2.24) is 0 Å². The third-order valence-electron chi connectivity index (χ3n) is 2.19. The number of ether oxygens (including phenoxy) is 2. The fourth-order valence-corrected chi connectivity index (χ4v) is 1.90. The van der Waals surface area contributed by atoms with Crippen molar-refractivity contribution in [2.24, 2.45) is 0 Å². The van der Waals surface area contributed by atoms with Crippen molar-refractivity contribution in [3.8, 4) is 0 Å². The number of rotatable bonds is 4. The maximum atomic E-state index is 11.4. The summed E-state index contributed by atoms with van der Waals surface area (Å²) in [6.07, 6.45) is -2.95. The normalized spacial score (nSPS) is 35.8. The molecule has 0 bridgehead atoms. The molecule has 1 rings (SSSR count). The standard InChI is InChI=1S/C10H13BrO5/c1-3-4-15-10(14)6(11)9-8(13)7(12)5(2)16-9/h2-3,5-9,12-13H,1,4H2/t5-,6?,7?,8+,9-/m0/s1. The second-order valence-corrected chi connectivity index (χ2v) is 4.35. The highest BCUT2D eigenvalue weighted by Gasteiger charge is 2.46. The second-order valence-electron chi connectivity index (χ2n) is 3.37. The molecule has 0 amide bonds. The number of esters is 1. The van der Waals surface area contributed by atoms with E-state index in [1.807, 2.05) is 0 Å². The Hall–Kier alpha value is -0.430. The van der Waals surface area contributed by atoms with Crippen molar-refractivity contribution >= 4 is 21.9 Å². The molecule has 2 unspecified atom stereocenters. The molecule has 5 atom stereocenters. The van der Waals surface area contributed by atoms with Gasteiger partial charge in [0, 0.05) is 0 Å². The Labute approximate surface area is 102 Å². The summed E-state index contributed by atoms with van der Waals surface area (Å²) in [6.45, 7) is 8.84. The van der Waals surface area contributed by atoms with Gasteiger partial charge in [0.2, 0.25) is 0 Å². The Balaban J connectivity index is 2.57. The molecule has 0 spiro atoms. The predicted molar refractivity (Wildman–Crippen MR) is 58.8 cm³/mol. The van der Waals surface area contributed by atoms with Gasteiger partial charge < -0.3 is 19.7 Å². The summed E-state index contributed by atoms with van der Waals surface area (Å²) in [5.41, 5.74) is 0. The molecule has 1 aliphatic rings. The molecule has 0 saturated carbocycles. The summed E-state index contributed by atoms with van der Waals surface area (Å²) in [6, 6.07) is 0. The second kappa shape index (κ2) is 5.77. The Morgan fingerprint density at radius 1 is 1.62 bits per heavy atom. The fourth-order valence-electron chi connectivity index (χ4n) is 1.33. The summed E-state index contributed by atoms with van der Waals surface area (Å²) in [5, 5.41) is 18.9. The van der Waals surface area contributed by atoms with Crippen LogP contribution in [0.5, 0.6) is 0 Å². The molecule has 1 fully saturated rings. The van der Waals surface area contributed by atoms with Crippen LogP contribution < -0.4 is 0 Å². The van der Waals surface area contributed by atoms with Crippen LogP contribution >= 0.6 is 15.9 Å². The molecule has 6 heteroatoms. The van der Waals surface area contributed by atoms with Gasteiger partial charge in [-0.05, 0) is 6.92 Å². The first-order valence-electron chi connectivity index (χ1n) is 4.67. The summed E-state index contributed by atoms with van der Waals surface area (Å²) in [5.74, 6) is -0.606. The lowest BCUT2D eigenvalue weighted by molar-refractivity contribution is -0.145. The van der Waals surface area contributed by atoms with Crippen molar-refractivity contribution in [3.05, 3.63) is 19.6 Å². The molecule has 0 aliphatic carbocycles. The van der Waals surface area contributed by atoms with Crippen LogP contribution in [-0.2, 0) is 14.3 Å². The fraction of sp³-hybridized carbons (Fsp3) is 0.600. The molecule has 1 aliphatic heterocycles.